The van der Waals surface area contributed by atoms with Crippen LogP contribution in [0, 0.1) is 0 Å². The summed E-state index contributed by atoms with van der Waals surface area (Å²) in [4.78, 5) is 11.9. The van der Waals surface area contributed by atoms with Crippen LogP contribution in [-0.2, 0) is 22.6 Å². The van der Waals surface area contributed by atoms with Gasteiger partial charge in [0.05, 0.1) is 0 Å². The summed E-state index contributed by atoms with van der Waals surface area (Å²) in [5, 5.41) is 0. The zero-order valence-corrected chi connectivity index (χ0v) is 11.7. The lowest BCUT2D eigenvalue weighted by molar-refractivity contribution is -0.146. The lowest BCUT2D eigenvalue weighted by Crippen LogP contribution is -2.34. The van der Waals surface area contributed by atoms with E-state index >= 15 is 0 Å². The number of nitrogen functional groups attached to an aromatic ring is 2. The Bertz CT molecular complexity index is 594. The molecule has 21 heavy (non-hydrogen) atoms. The van der Waals surface area contributed by atoms with Crippen molar-refractivity contribution in [1.29, 1.82) is 0 Å². The molecule has 5 heteroatoms. The molecule has 0 radical (unpaired) electrons. The number of nitrogens with two attached hydrogens (primary N) is 3. The molecule has 0 fully saturated rings. The van der Waals surface area contributed by atoms with Gasteiger partial charge in [-0.1, -0.05) is 24.3 Å². The smallest absolute Gasteiger partial charge is 0.323 e. The third kappa shape index (κ3) is 4.50. The highest BCUT2D eigenvalue weighted by Crippen LogP contribution is 2.10. The fourth-order valence-electron chi connectivity index (χ4n) is 1.87. The van der Waals surface area contributed by atoms with E-state index in [9.17, 15) is 4.79 Å². The minimum atomic E-state index is -0.692. The van der Waals surface area contributed by atoms with Crippen LogP contribution in [0.4, 0.5) is 11.4 Å². The Morgan fingerprint density at radius 2 is 1.38 bits per heavy atom. The molecule has 0 bridgehead atoms. The minimum Gasteiger partial charge on any atom is -0.460 e. The Kier molecular flexibility index (Phi) is 4.79. The first-order valence-corrected chi connectivity index (χ1v) is 6.65. The number of carbonyl (C=O) groups excluding carboxylic acids is 1. The zero-order chi connectivity index (χ0) is 15.2. The molecule has 0 aromatic heterocycles. The highest BCUT2D eigenvalue weighted by molar-refractivity contribution is 5.76. The number of hydrogen-bond donors (Lipinski definition) is 3. The number of carbonyl (C=O) groups is 1. The Hall–Kier alpha value is -2.53. The second kappa shape index (κ2) is 6.76. The van der Waals surface area contributed by atoms with Crippen LogP contribution in [0.15, 0.2) is 48.5 Å². The molecule has 2 aromatic carbocycles. The van der Waals surface area contributed by atoms with Crippen molar-refractivity contribution >= 4 is 17.3 Å². The summed E-state index contributed by atoms with van der Waals surface area (Å²) in [6.45, 7) is 0.189. The summed E-state index contributed by atoms with van der Waals surface area (Å²) in [6.07, 6.45) is 0.418. The number of hydrogen-bond acceptors (Lipinski definition) is 5. The summed E-state index contributed by atoms with van der Waals surface area (Å²) in [5.41, 5.74) is 20.2. The van der Waals surface area contributed by atoms with E-state index in [4.69, 9.17) is 21.9 Å². The average molecular weight is 285 g/mol. The third-order valence-electron chi connectivity index (χ3n) is 3.10. The van der Waals surface area contributed by atoms with Crippen molar-refractivity contribution in [1.82, 2.24) is 0 Å². The summed E-state index contributed by atoms with van der Waals surface area (Å²) >= 11 is 0. The topological polar surface area (TPSA) is 104 Å². The molecule has 0 saturated carbocycles. The van der Waals surface area contributed by atoms with Gasteiger partial charge in [0.2, 0.25) is 0 Å². The van der Waals surface area contributed by atoms with Crippen molar-refractivity contribution in [3.8, 4) is 0 Å². The van der Waals surface area contributed by atoms with E-state index in [-0.39, 0.29) is 6.61 Å². The molecule has 0 aliphatic rings. The van der Waals surface area contributed by atoms with E-state index in [2.05, 4.69) is 0 Å². The molecular formula is C16H19N3O2. The first kappa shape index (κ1) is 14.9. The summed E-state index contributed by atoms with van der Waals surface area (Å²) in [6, 6.07) is 13.7. The van der Waals surface area contributed by atoms with Crippen LogP contribution in [0.2, 0.25) is 0 Å². The fourth-order valence-corrected chi connectivity index (χ4v) is 1.87. The van der Waals surface area contributed by atoms with E-state index in [1.165, 1.54) is 0 Å². The molecule has 0 heterocycles. The van der Waals surface area contributed by atoms with Crippen molar-refractivity contribution in [2.75, 3.05) is 11.5 Å². The van der Waals surface area contributed by atoms with Crippen LogP contribution in [0.1, 0.15) is 11.1 Å². The quantitative estimate of drug-likeness (QED) is 0.570. The van der Waals surface area contributed by atoms with E-state index in [1.807, 2.05) is 24.3 Å². The Labute approximate surface area is 123 Å². The number of ether oxygens (including phenoxy) is 1. The first-order chi connectivity index (χ1) is 10.0. The molecule has 0 unspecified atom stereocenters. The van der Waals surface area contributed by atoms with Gasteiger partial charge in [-0.2, -0.15) is 0 Å². The molecular weight excluding hydrogens is 266 g/mol. The number of rotatable bonds is 5. The maximum atomic E-state index is 11.9. The first-order valence-electron chi connectivity index (χ1n) is 6.65. The van der Waals surface area contributed by atoms with Crippen molar-refractivity contribution in [3.63, 3.8) is 0 Å². The molecule has 0 aliphatic heterocycles. The van der Waals surface area contributed by atoms with Gasteiger partial charge >= 0.3 is 5.97 Å². The number of esters is 1. The van der Waals surface area contributed by atoms with E-state index in [0.29, 0.717) is 17.8 Å². The second-order valence-electron chi connectivity index (χ2n) is 4.90. The summed E-state index contributed by atoms with van der Waals surface area (Å²) < 4.78 is 5.20. The van der Waals surface area contributed by atoms with Crippen molar-refractivity contribution in [2.24, 2.45) is 5.73 Å². The van der Waals surface area contributed by atoms with Gasteiger partial charge in [0.25, 0.3) is 0 Å². The largest absolute Gasteiger partial charge is 0.460 e. The molecule has 1 atom stereocenters. The van der Waals surface area contributed by atoms with Gasteiger partial charge < -0.3 is 21.9 Å². The van der Waals surface area contributed by atoms with Crippen LogP contribution >= 0.6 is 0 Å². The van der Waals surface area contributed by atoms with Crippen LogP contribution in [-0.4, -0.2) is 12.0 Å². The van der Waals surface area contributed by atoms with Crippen molar-refractivity contribution in [3.05, 3.63) is 59.7 Å². The molecule has 0 aliphatic carbocycles. The Balaban J connectivity index is 1.84. The standard InChI is InChI=1S/C16H19N3O2/c17-13-5-1-11(2-6-13)9-15(19)16(20)21-10-12-3-7-14(18)8-4-12/h1-8,15H,9-10,17-19H2/t15-/m0/s1. The van der Waals surface area contributed by atoms with E-state index in [0.717, 1.165) is 11.1 Å². The third-order valence-corrected chi connectivity index (χ3v) is 3.10. The molecule has 0 saturated heterocycles. The monoisotopic (exact) mass is 285 g/mol. The van der Waals surface area contributed by atoms with Gasteiger partial charge in [-0.25, -0.2) is 0 Å². The average Bonchev–Trinajstić information content (AvgIpc) is 2.48. The predicted octanol–water partition coefficient (Wildman–Crippen LogP) is 1.46. The summed E-state index contributed by atoms with van der Waals surface area (Å²) in [5.74, 6) is -0.427. The normalized spacial score (nSPS) is 11.9. The van der Waals surface area contributed by atoms with Gasteiger partial charge in [-0.05, 0) is 41.8 Å². The lowest BCUT2D eigenvalue weighted by atomic mass is 10.1. The van der Waals surface area contributed by atoms with Gasteiger partial charge in [-0.15, -0.1) is 0 Å². The Morgan fingerprint density at radius 1 is 0.905 bits per heavy atom. The predicted molar refractivity (Wildman–Crippen MR) is 83.2 cm³/mol. The van der Waals surface area contributed by atoms with E-state index < -0.39 is 12.0 Å². The van der Waals surface area contributed by atoms with Gasteiger partial charge in [0.15, 0.2) is 0 Å². The molecule has 110 valence electrons. The highest BCUT2D eigenvalue weighted by atomic mass is 16.5. The zero-order valence-electron chi connectivity index (χ0n) is 11.7. The van der Waals surface area contributed by atoms with Crippen LogP contribution in [0.3, 0.4) is 0 Å². The fraction of sp³-hybridized carbons (Fsp3) is 0.188. The molecule has 0 spiro atoms. The van der Waals surface area contributed by atoms with Crippen molar-refractivity contribution < 1.29 is 9.53 Å². The molecule has 2 rings (SSSR count). The SMILES string of the molecule is Nc1ccc(COC(=O)[C@@H](N)Cc2ccc(N)cc2)cc1. The molecule has 0 amide bonds. The molecule has 2 aromatic rings. The number of benzene rings is 2. The van der Waals surface area contributed by atoms with Gasteiger partial charge in [0, 0.05) is 11.4 Å². The summed E-state index contributed by atoms with van der Waals surface area (Å²) in [7, 11) is 0. The maximum Gasteiger partial charge on any atom is 0.323 e. The Morgan fingerprint density at radius 3 is 1.90 bits per heavy atom. The van der Waals surface area contributed by atoms with Crippen molar-refractivity contribution in [2.45, 2.75) is 19.1 Å². The van der Waals surface area contributed by atoms with Gasteiger partial charge in [-0.3, -0.25) is 4.79 Å². The minimum absolute atomic E-state index is 0.189. The number of anilines is 2. The van der Waals surface area contributed by atoms with Crippen LogP contribution < -0.4 is 17.2 Å². The second-order valence-corrected chi connectivity index (χ2v) is 4.90. The van der Waals surface area contributed by atoms with E-state index in [1.54, 1.807) is 24.3 Å². The van der Waals surface area contributed by atoms with Gasteiger partial charge in [0.1, 0.15) is 12.6 Å². The van der Waals surface area contributed by atoms with Crippen LogP contribution in [0.25, 0.3) is 0 Å². The molecule has 6 N–H and O–H groups in total. The lowest BCUT2D eigenvalue weighted by Gasteiger charge is -2.12. The molecule has 5 nitrogen and oxygen atoms in total. The highest BCUT2D eigenvalue weighted by Gasteiger charge is 2.15. The van der Waals surface area contributed by atoms with Crippen LogP contribution in [0.5, 0.6) is 0 Å². The maximum absolute atomic E-state index is 11.9.